The molecule has 0 bridgehead atoms. The molecule has 0 saturated carbocycles. The number of hydrogen-bond donors (Lipinski definition) is 0. The van der Waals surface area contributed by atoms with Crippen LogP contribution in [0.15, 0.2) is 18.3 Å². The largest absolute Gasteiger partial charge is 0.496 e. The van der Waals surface area contributed by atoms with E-state index in [1.54, 1.807) is 13.3 Å². The average Bonchev–Trinajstić information content (AvgIpc) is 2.24. The number of halogens is 2. The van der Waals surface area contributed by atoms with E-state index in [9.17, 15) is 0 Å². The summed E-state index contributed by atoms with van der Waals surface area (Å²) in [5.74, 6) is 0.829. The highest BCUT2D eigenvalue weighted by atomic mass is 127. The first-order valence-electron chi connectivity index (χ1n) is 4.42. The van der Waals surface area contributed by atoms with Crippen LogP contribution in [0.25, 0.3) is 10.9 Å². The number of aromatic nitrogens is 1. The Kier molecular flexibility index (Phi) is 3.02. The van der Waals surface area contributed by atoms with Crippen molar-refractivity contribution in [3.8, 4) is 5.75 Å². The van der Waals surface area contributed by atoms with Crippen LogP contribution >= 0.6 is 34.2 Å². The van der Waals surface area contributed by atoms with Gasteiger partial charge in [-0.3, -0.25) is 4.98 Å². The predicted molar refractivity (Wildman–Crippen MR) is 70.8 cm³/mol. The minimum absolute atomic E-state index is 0.764. The average molecular weight is 334 g/mol. The normalized spacial score (nSPS) is 10.7. The lowest BCUT2D eigenvalue weighted by Gasteiger charge is -2.07. The van der Waals surface area contributed by atoms with E-state index in [1.165, 1.54) is 0 Å². The molecule has 0 amide bonds. The van der Waals surface area contributed by atoms with Gasteiger partial charge in [0.05, 0.1) is 21.2 Å². The van der Waals surface area contributed by atoms with E-state index in [4.69, 9.17) is 16.3 Å². The van der Waals surface area contributed by atoms with Crippen LogP contribution in [0.2, 0.25) is 5.02 Å². The number of fused-ring (bicyclic) bond motifs is 1. The predicted octanol–water partition coefficient (Wildman–Crippen LogP) is 3.81. The minimum atomic E-state index is 0.764. The first kappa shape index (κ1) is 11.0. The highest BCUT2D eigenvalue weighted by Crippen LogP contribution is 2.31. The van der Waals surface area contributed by atoms with Gasteiger partial charge in [0.25, 0.3) is 0 Å². The van der Waals surface area contributed by atoms with Gasteiger partial charge in [0.1, 0.15) is 5.75 Å². The third kappa shape index (κ3) is 1.90. The van der Waals surface area contributed by atoms with Gasteiger partial charge in [-0.1, -0.05) is 11.6 Å². The maximum absolute atomic E-state index is 6.21. The molecule has 0 N–H and O–H groups in total. The maximum Gasteiger partial charge on any atom is 0.134 e. The van der Waals surface area contributed by atoms with E-state index in [-0.39, 0.29) is 0 Å². The van der Waals surface area contributed by atoms with E-state index < -0.39 is 0 Å². The molecule has 0 fully saturated rings. The lowest BCUT2D eigenvalue weighted by atomic mass is 10.1. The van der Waals surface area contributed by atoms with Crippen LogP contribution in [0.1, 0.15) is 5.56 Å². The molecule has 1 aromatic heterocycles. The van der Waals surface area contributed by atoms with Crippen LogP contribution in [0.3, 0.4) is 0 Å². The molecule has 0 spiro atoms. The number of ether oxygens (including phenoxy) is 1. The Hall–Kier alpha value is -0.550. The fourth-order valence-corrected chi connectivity index (χ4v) is 2.30. The van der Waals surface area contributed by atoms with Crippen LogP contribution in [0, 0.1) is 10.5 Å². The van der Waals surface area contributed by atoms with Crippen molar-refractivity contribution in [2.75, 3.05) is 7.11 Å². The summed E-state index contributed by atoms with van der Waals surface area (Å²) in [6, 6.07) is 3.90. The lowest BCUT2D eigenvalue weighted by molar-refractivity contribution is 0.412. The number of hydrogen-bond acceptors (Lipinski definition) is 2. The van der Waals surface area contributed by atoms with Crippen LogP contribution in [0.4, 0.5) is 0 Å². The molecule has 2 rings (SSSR count). The molecule has 0 aliphatic rings. The fraction of sp³-hybridized carbons (Fsp3) is 0.182. The first-order valence-corrected chi connectivity index (χ1v) is 5.87. The molecule has 4 heteroatoms. The topological polar surface area (TPSA) is 22.1 Å². The Bertz CT molecular complexity index is 527. The van der Waals surface area contributed by atoms with Gasteiger partial charge in [-0.15, -0.1) is 0 Å². The zero-order valence-electron chi connectivity index (χ0n) is 8.34. The van der Waals surface area contributed by atoms with Gasteiger partial charge >= 0.3 is 0 Å². The number of pyridine rings is 1. The molecule has 0 atom stereocenters. The molecule has 1 heterocycles. The highest BCUT2D eigenvalue weighted by Gasteiger charge is 2.08. The Morgan fingerprint density at radius 2 is 2.13 bits per heavy atom. The van der Waals surface area contributed by atoms with Crippen molar-refractivity contribution in [3.05, 3.63) is 32.5 Å². The zero-order valence-corrected chi connectivity index (χ0v) is 11.3. The Morgan fingerprint density at radius 1 is 1.40 bits per heavy atom. The van der Waals surface area contributed by atoms with Crippen LogP contribution in [-0.4, -0.2) is 12.1 Å². The Labute approximate surface area is 107 Å². The molecule has 0 aliphatic heterocycles. The maximum atomic E-state index is 6.21. The molecule has 78 valence electrons. The summed E-state index contributed by atoms with van der Waals surface area (Å²) in [7, 11) is 1.65. The van der Waals surface area contributed by atoms with Gasteiger partial charge in [0.2, 0.25) is 0 Å². The zero-order chi connectivity index (χ0) is 11.0. The smallest absolute Gasteiger partial charge is 0.134 e. The summed E-state index contributed by atoms with van der Waals surface area (Å²) < 4.78 is 6.27. The van der Waals surface area contributed by atoms with Gasteiger partial charge in [0, 0.05) is 17.6 Å². The van der Waals surface area contributed by atoms with Gasteiger partial charge in [0.15, 0.2) is 0 Å². The summed E-state index contributed by atoms with van der Waals surface area (Å²) in [6.07, 6.45) is 1.77. The van der Waals surface area contributed by atoms with Crippen molar-refractivity contribution in [1.29, 1.82) is 0 Å². The fourth-order valence-electron chi connectivity index (χ4n) is 1.42. The molecule has 0 saturated heterocycles. The first-order chi connectivity index (χ1) is 7.13. The summed E-state index contributed by atoms with van der Waals surface area (Å²) in [5.41, 5.74) is 1.85. The van der Waals surface area contributed by atoms with Crippen molar-refractivity contribution in [2.24, 2.45) is 0 Å². The Morgan fingerprint density at radius 3 is 2.80 bits per heavy atom. The monoisotopic (exact) mass is 333 g/mol. The molecule has 2 nitrogen and oxygen atoms in total. The van der Waals surface area contributed by atoms with E-state index >= 15 is 0 Å². The van der Waals surface area contributed by atoms with E-state index in [2.05, 4.69) is 27.6 Å². The number of aryl methyl sites for hydroxylation is 1. The summed E-state index contributed by atoms with van der Waals surface area (Å²) in [6.45, 7) is 1.95. The molecular weight excluding hydrogens is 324 g/mol. The summed E-state index contributed by atoms with van der Waals surface area (Å²) in [4.78, 5) is 4.32. The Balaban J connectivity index is 2.81. The van der Waals surface area contributed by atoms with Crippen molar-refractivity contribution in [1.82, 2.24) is 4.98 Å². The van der Waals surface area contributed by atoms with Crippen LogP contribution < -0.4 is 4.74 Å². The van der Waals surface area contributed by atoms with Gasteiger partial charge in [-0.2, -0.15) is 0 Å². The second-order valence-corrected chi connectivity index (χ2v) is 4.80. The quantitative estimate of drug-likeness (QED) is 0.740. The molecular formula is C11H9ClINO. The van der Waals surface area contributed by atoms with Crippen LogP contribution in [-0.2, 0) is 0 Å². The standard InChI is InChI=1S/C11H9ClINO/c1-6-5-14-9-4-10(15-2)8(13)3-7(9)11(6)12/h3-5H,1-2H3. The van der Waals surface area contributed by atoms with E-state index in [0.29, 0.717) is 0 Å². The minimum Gasteiger partial charge on any atom is -0.496 e. The van der Waals surface area contributed by atoms with Gasteiger partial charge in [-0.25, -0.2) is 0 Å². The van der Waals surface area contributed by atoms with Crippen molar-refractivity contribution in [3.63, 3.8) is 0 Å². The second-order valence-electron chi connectivity index (χ2n) is 3.26. The van der Waals surface area contributed by atoms with E-state index in [1.807, 2.05) is 19.1 Å². The third-order valence-corrected chi connectivity index (χ3v) is 3.59. The van der Waals surface area contributed by atoms with Gasteiger partial charge < -0.3 is 4.74 Å². The summed E-state index contributed by atoms with van der Waals surface area (Å²) >= 11 is 8.43. The molecule has 0 radical (unpaired) electrons. The number of nitrogens with zero attached hydrogens (tertiary/aromatic N) is 1. The molecule has 0 unspecified atom stereocenters. The van der Waals surface area contributed by atoms with E-state index in [0.717, 1.165) is 30.8 Å². The third-order valence-electron chi connectivity index (χ3n) is 2.25. The molecule has 0 aliphatic carbocycles. The lowest BCUT2D eigenvalue weighted by Crippen LogP contribution is -1.90. The molecule has 2 aromatic rings. The molecule has 15 heavy (non-hydrogen) atoms. The van der Waals surface area contributed by atoms with Crippen molar-refractivity contribution in [2.45, 2.75) is 6.92 Å². The number of benzene rings is 1. The number of methoxy groups -OCH3 is 1. The number of rotatable bonds is 1. The SMILES string of the molecule is COc1cc2ncc(C)c(Cl)c2cc1I. The highest BCUT2D eigenvalue weighted by molar-refractivity contribution is 14.1. The van der Waals surface area contributed by atoms with Crippen molar-refractivity contribution < 1.29 is 4.74 Å². The van der Waals surface area contributed by atoms with Crippen LogP contribution in [0.5, 0.6) is 5.75 Å². The van der Waals surface area contributed by atoms with Gasteiger partial charge in [-0.05, 0) is 41.1 Å². The molecule has 1 aromatic carbocycles. The van der Waals surface area contributed by atoms with Crippen molar-refractivity contribution >= 4 is 45.1 Å². The second kappa shape index (κ2) is 4.14. The summed E-state index contributed by atoms with van der Waals surface area (Å²) in [5, 5.41) is 1.74.